The Morgan fingerprint density at radius 2 is 1.91 bits per heavy atom. The summed E-state index contributed by atoms with van der Waals surface area (Å²) in [4.78, 5) is 18.9. The third kappa shape index (κ3) is 2.76. The predicted molar refractivity (Wildman–Crippen MR) is 86.6 cm³/mol. The minimum atomic E-state index is 0.659. The van der Waals surface area contributed by atoms with Gasteiger partial charge in [0.05, 0.1) is 10.6 Å². The molecule has 0 fully saturated rings. The minimum Gasteiger partial charge on any atom is -0.245 e. The molecule has 0 radical (unpaired) electrons. The van der Waals surface area contributed by atoms with E-state index in [0.717, 1.165) is 46.6 Å². The van der Waals surface area contributed by atoms with E-state index in [0.29, 0.717) is 5.82 Å². The van der Waals surface area contributed by atoms with Crippen LogP contribution < -0.4 is 0 Å². The second-order valence-corrected chi connectivity index (χ2v) is 5.93. The second-order valence-electron chi connectivity index (χ2n) is 4.93. The smallest absolute Gasteiger partial charge is 0.188 e. The summed E-state index contributed by atoms with van der Waals surface area (Å²) in [6, 6.07) is 1.81. The molecule has 3 heterocycles. The topological polar surface area (TPSA) is 69.4 Å². The van der Waals surface area contributed by atoms with Gasteiger partial charge in [0.1, 0.15) is 5.82 Å². The van der Waals surface area contributed by atoms with Crippen molar-refractivity contribution in [2.45, 2.75) is 40.2 Å². The lowest BCUT2D eigenvalue weighted by molar-refractivity contribution is 0.604. The van der Waals surface area contributed by atoms with E-state index in [4.69, 9.17) is 4.98 Å². The quantitative estimate of drug-likeness (QED) is 0.723. The molecule has 3 aromatic heterocycles. The lowest BCUT2D eigenvalue weighted by atomic mass is 10.3. The maximum Gasteiger partial charge on any atom is 0.188 e. The largest absolute Gasteiger partial charge is 0.245 e. The van der Waals surface area contributed by atoms with E-state index in [-0.39, 0.29) is 0 Å². The first-order chi connectivity index (χ1) is 10.7. The van der Waals surface area contributed by atoms with Crippen molar-refractivity contribution in [3.63, 3.8) is 0 Å². The van der Waals surface area contributed by atoms with Gasteiger partial charge in [0.15, 0.2) is 16.7 Å². The molecular formula is C15H18N6S. The van der Waals surface area contributed by atoms with Crippen LogP contribution in [0.25, 0.3) is 21.5 Å². The molecule has 0 saturated carbocycles. The number of rotatable bonds is 5. The number of aromatic nitrogens is 6. The molecule has 0 aromatic carbocycles. The van der Waals surface area contributed by atoms with E-state index in [1.165, 1.54) is 0 Å². The van der Waals surface area contributed by atoms with Crippen LogP contribution in [0.15, 0.2) is 18.5 Å². The number of hydrogen-bond acceptors (Lipinski definition) is 6. The van der Waals surface area contributed by atoms with Crippen LogP contribution in [0.5, 0.6) is 0 Å². The number of thiazole rings is 1. The van der Waals surface area contributed by atoms with Crippen molar-refractivity contribution in [2.75, 3.05) is 0 Å². The van der Waals surface area contributed by atoms with Crippen molar-refractivity contribution in [3.05, 3.63) is 30.0 Å². The monoisotopic (exact) mass is 314 g/mol. The molecule has 0 atom stereocenters. The molecule has 6 nitrogen and oxygen atoms in total. The van der Waals surface area contributed by atoms with Gasteiger partial charge in [0.2, 0.25) is 0 Å². The molecule has 0 N–H and O–H groups in total. The molecule has 0 spiro atoms. The van der Waals surface area contributed by atoms with Crippen LogP contribution in [0, 0.1) is 6.92 Å². The third-order valence-electron chi connectivity index (χ3n) is 3.21. The Labute approximate surface area is 133 Å². The van der Waals surface area contributed by atoms with Crippen molar-refractivity contribution < 1.29 is 0 Å². The standard InChI is InChI=1S/C15H18N6S/c1-4-9-21-14(18-10(3)20-21)12-11(5-2)19-15(22-12)13-16-7-6-8-17-13/h6-8H,4-5,9H2,1-3H3. The first-order valence-electron chi connectivity index (χ1n) is 7.41. The van der Waals surface area contributed by atoms with Gasteiger partial charge >= 0.3 is 0 Å². The molecule has 3 aromatic rings. The van der Waals surface area contributed by atoms with E-state index in [1.807, 2.05) is 11.6 Å². The van der Waals surface area contributed by atoms with Crippen molar-refractivity contribution in [2.24, 2.45) is 0 Å². The molecule has 0 aliphatic rings. The Balaban J connectivity index is 2.09. The van der Waals surface area contributed by atoms with Gasteiger partial charge in [-0.1, -0.05) is 13.8 Å². The number of hydrogen-bond donors (Lipinski definition) is 0. The molecule has 22 heavy (non-hydrogen) atoms. The van der Waals surface area contributed by atoms with Crippen molar-refractivity contribution >= 4 is 11.3 Å². The Hall–Kier alpha value is -2.15. The fraction of sp³-hybridized carbons (Fsp3) is 0.400. The van der Waals surface area contributed by atoms with Gasteiger partial charge in [-0.15, -0.1) is 11.3 Å². The van der Waals surface area contributed by atoms with Gasteiger partial charge in [-0.05, 0) is 25.8 Å². The average Bonchev–Trinajstić information content (AvgIpc) is 3.12. The molecule has 3 rings (SSSR count). The summed E-state index contributed by atoms with van der Waals surface area (Å²) in [5, 5.41) is 5.32. The maximum absolute atomic E-state index is 4.70. The van der Waals surface area contributed by atoms with Crippen LogP contribution >= 0.6 is 11.3 Å². The van der Waals surface area contributed by atoms with Crippen molar-refractivity contribution in [3.8, 4) is 21.5 Å². The summed E-state index contributed by atoms with van der Waals surface area (Å²) in [5.74, 6) is 2.35. The summed E-state index contributed by atoms with van der Waals surface area (Å²) in [5.41, 5.74) is 1.03. The predicted octanol–water partition coefficient (Wildman–Crippen LogP) is 3.14. The minimum absolute atomic E-state index is 0.659. The summed E-state index contributed by atoms with van der Waals surface area (Å²) in [6.45, 7) is 7.01. The van der Waals surface area contributed by atoms with Crippen molar-refractivity contribution in [1.29, 1.82) is 0 Å². The van der Waals surface area contributed by atoms with Crippen LogP contribution in [-0.2, 0) is 13.0 Å². The van der Waals surface area contributed by atoms with E-state index < -0.39 is 0 Å². The zero-order valence-corrected chi connectivity index (χ0v) is 13.8. The third-order valence-corrected chi connectivity index (χ3v) is 4.29. The molecule has 0 bridgehead atoms. The zero-order chi connectivity index (χ0) is 15.5. The highest BCUT2D eigenvalue weighted by Gasteiger charge is 2.19. The van der Waals surface area contributed by atoms with Gasteiger partial charge in [-0.3, -0.25) is 0 Å². The van der Waals surface area contributed by atoms with Gasteiger partial charge in [-0.2, -0.15) is 5.10 Å². The van der Waals surface area contributed by atoms with Gasteiger partial charge in [0, 0.05) is 18.9 Å². The van der Waals surface area contributed by atoms with Crippen molar-refractivity contribution in [1.82, 2.24) is 29.7 Å². The molecule has 0 aliphatic carbocycles. The SMILES string of the molecule is CCCn1nc(C)nc1-c1sc(-c2ncccn2)nc1CC. The lowest BCUT2D eigenvalue weighted by Crippen LogP contribution is -2.02. The van der Waals surface area contributed by atoms with Gasteiger partial charge < -0.3 is 0 Å². The van der Waals surface area contributed by atoms with Crippen LogP contribution in [0.4, 0.5) is 0 Å². The summed E-state index contributed by atoms with van der Waals surface area (Å²) < 4.78 is 1.97. The average molecular weight is 314 g/mol. The first kappa shape index (κ1) is 14.8. The van der Waals surface area contributed by atoms with Crippen LogP contribution in [-0.4, -0.2) is 29.7 Å². The Bertz CT molecular complexity index is 762. The highest BCUT2D eigenvalue weighted by atomic mass is 32.1. The highest BCUT2D eigenvalue weighted by molar-refractivity contribution is 7.18. The Kier molecular flexibility index (Phi) is 4.24. The summed E-state index contributed by atoms with van der Waals surface area (Å²) in [6.07, 6.45) is 5.33. The Morgan fingerprint density at radius 3 is 2.59 bits per heavy atom. The number of aryl methyl sites for hydroxylation is 3. The maximum atomic E-state index is 4.70. The highest BCUT2D eigenvalue weighted by Crippen LogP contribution is 2.33. The molecule has 7 heteroatoms. The van der Waals surface area contributed by atoms with Crippen LogP contribution in [0.1, 0.15) is 31.8 Å². The fourth-order valence-corrected chi connectivity index (χ4v) is 3.36. The second kappa shape index (κ2) is 6.31. The molecule has 114 valence electrons. The summed E-state index contributed by atoms with van der Waals surface area (Å²) in [7, 11) is 0. The van der Waals surface area contributed by atoms with E-state index in [1.54, 1.807) is 29.8 Å². The van der Waals surface area contributed by atoms with E-state index >= 15 is 0 Å². The van der Waals surface area contributed by atoms with Gasteiger partial charge in [0.25, 0.3) is 0 Å². The Morgan fingerprint density at radius 1 is 1.14 bits per heavy atom. The molecule has 0 saturated heterocycles. The molecule has 0 amide bonds. The zero-order valence-electron chi connectivity index (χ0n) is 12.9. The van der Waals surface area contributed by atoms with Crippen LogP contribution in [0.3, 0.4) is 0 Å². The first-order valence-corrected chi connectivity index (χ1v) is 8.23. The van der Waals surface area contributed by atoms with Crippen LogP contribution in [0.2, 0.25) is 0 Å². The van der Waals surface area contributed by atoms with E-state index in [9.17, 15) is 0 Å². The number of nitrogens with zero attached hydrogens (tertiary/aromatic N) is 6. The normalized spacial score (nSPS) is 11.0. The summed E-state index contributed by atoms with van der Waals surface area (Å²) >= 11 is 1.58. The fourth-order valence-electron chi connectivity index (χ4n) is 2.26. The lowest BCUT2D eigenvalue weighted by Gasteiger charge is -2.02. The molecule has 0 aliphatic heterocycles. The van der Waals surface area contributed by atoms with E-state index in [2.05, 4.69) is 33.9 Å². The van der Waals surface area contributed by atoms with Gasteiger partial charge in [-0.25, -0.2) is 24.6 Å². The molecular weight excluding hydrogens is 296 g/mol. The molecule has 0 unspecified atom stereocenters.